The summed E-state index contributed by atoms with van der Waals surface area (Å²) in [6.07, 6.45) is -1.98. The van der Waals surface area contributed by atoms with Gasteiger partial charge in [-0.15, -0.1) is 0 Å². The Bertz CT molecular complexity index is 463. The maximum absolute atomic E-state index is 12.3. The summed E-state index contributed by atoms with van der Waals surface area (Å²) in [6, 6.07) is 7.48. The molecule has 5 heteroatoms. The molecular formula is C11H7F3N2. The van der Waals surface area contributed by atoms with Crippen molar-refractivity contribution in [3.05, 3.63) is 48.3 Å². The fourth-order valence-corrected chi connectivity index (χ4v) is 1.23. The van der Waals surface area contributed by atoms with Crippen LogP contribution in [0.5, 0.6) is 0 Å². The summed E-state index contributed by atoms with van der Waals surface area (Å²) >= 11 is 0. The van der Waals surface area contributed by atoms with Gasteiger partial charge in [-0.2, -0.15) is 13.2 Å². The van der Waals surface area contributed by atoms with Gasteiger partial charge in [-0.1, -0.05) is 6.07 Å². The van der Waals surface area contributed by atoms with Crippen LogP contribution in [0.1, 0.15) is 5.56 Å². The number of halogens is 3. The van der Waals surface area contributed by atoms with E-state index in [1.165, 1.54) is 6.07 Å². The highest BCUT2D eigenvalue weighted by atomic mass is 19.4. The normalized spacial score (nSPS) is 11.4. The summed E-state index contributed by atoms with van der Waals surface area (Å²) in [5, 5.41) is 0. The van der Waals surface area contributed by atoms with Crippen LogP contribution in [0.25, 0.3) is 11.4 Å². The summed E-state index contributed by atoms with van der Waals surface area (Å²) in [5.41, 5.74) is 0.219. The molecule has 0 fully saturated rings. The van der Waals surface area contributed by atoms with Crippen molar-refractivity contribution < 1.29 is 13.2 Å². The molecular weight excluding hydrogens is 217 g/mol. The van der Waals surface area contributed by atoms with E-state index in [0.29, 0.717) is 11.4 Å². The van der Waals surface area contributed by atoms with Gasteiger partial charge in [-0.05, 0) is 24.3 Å². The lowest BCUT2D eigenvalue weighted by atomic mass is 10.2. The van der Waals surface area contributed by atoms with E-state index in [0.717, 1.165) is 12.3 Å². The van der Waals surface area contributed by atoms with E-state index in [-0.39, 0.29) is 0 Å². The predicted molar refractivity (Wildman–Crippen MR) is 52.5 cm³/mol. The van der Waals surface area contributed by atoms with Gasteiger partial charge >= 0.3 is 6.18 Å². The smallest absolute Gasteiger partial charge is 0.255 e. The van der Waals surface area contributed by atoms with Gasteiger partial charge in [0.15, 0.2) is 0 Å². The van der Waals surface area contributed by atoms with E-state index in [1.807, 2.05) is 0 Å². The van der Waals surface area contributed by atoms with E-state index in [4.69, 9.17) is 0 Å². The number of pyridine rings is 2. The molecule has 0 atom stereocenters. The molecule has 0 radical (unpaired) electrons. The first-order valence-electron chi connectivity index (χ1n) is 4.52. The van der Waals surface area contributed by atoms with Crippen molar-refractivity contribution in [1.82, 2.24) is 9.97 Å². The predicted octanol–water partition coefficient (Wildman–Crippen LogP) is 3.16. The molecule has 2 rings (SSSR count). The van der Waals surface area contributed by atoms with Crippen LogP contribution in [0, 0.1) is 0 Å². The number of nitrogens with zero attached hydrogens (tertiary/aromatic N) is 2. The van der Waals surface area contributed by atoms with Crippen LogP contribution in [0.3, 0.4) is 0 Å². The van der Waals surface area contributed by atoms with E-state index in [1.54, 1.807) is 24.4 Å². The molecule has 0 unspecified atom stereocenters. The van der Waals surface area contributed by atoms with Gasteiger partial charge in [0, 0.05) is 12.4 Å². The lowest BCUT2D eigenvalue weighted by molar-refractivity contribution is -0.137. The van der Waals surface area contributed by atoms with Crippen LogP contribution >= 0.6 is 0 Å². The van der Waals surface area contributed by atoms with Crippen molar-refractivity contribution in [2.24, 2.45) is 0 Å². The van der Waals surface area contributed by atoms with Gasteiger partial charge < -0.3 is 0 Å². The molecule has 0 amide bonds. The Morgan fingerprint density at radius 2 is 1.62 bits per heavy atom. The highest BCUT2D eigenvalue weighted by Crippen LogP contribution is 2.29. The fourth-order valence-electron chi connectivity index (χ4n) is 1.23. The standard InChI is InChI=1S/C11H7F3N2/c12-11(13,14)8-4-5-10(16-7-8)9-3-1-2-6-15-9/h1-7H. The van der Waals surface area contributed by atoms with Crippen LogP contribution in [-0.4, -0.2) is 9.97 Å². The first-order chi connectivity index (χ1) is 7.57. The Morgan fingerprint density at radius 3 is 2.12 bits per heavy atom. The lowest BCUT2D eigenvalue weighted by Crippen LogP contribution is -2.05. The largest absolute Gasteiger partial charge is 0.417 e. The molecule has 0 saturated carbocycles. The van der Waals surface area contributed by atoms with Crippen molar-refractivity contribution in [3.63, 3.8) is 0 Å². The molecule has 0 aromatic carbocycles. The molecule has 0 aliphatic rings. The Balaban J connectivity index is 2.34. The second-order valence-corrected chi connectivity index (χ2v) is 3.14. The number of hydrogen-bond donors (Lipinski definition) is 0. The first-order valence-corrected chi connectivity index (χ1v) is 4.52. The zero-order valence-electron chi connectivity index (χ0n) is 8.07. The summed E-state index contributed by atoms with van der Waals surface area (Å²) in [7, 11) is 0. The Kier molecular flexibility index (Phi) is 2.60. The molecule has 0 spiro atoms. The second-order valence-electron chi connectivity index (χ2n) is 3.14. The molecule has 2 aromatic heterocycles. The van der Waals surface area contributed by atoms with Crippen molar-refractivity contribution in [1.29, 1.82) is 0 Å². The van der Waals surface area contributed by atoms with Crippen molar-refractivity contribution in [3.8, 4) is 11.4 Å². The molecule has 16 heavy (non-hydrogen) atoms. The molecule has 0 saturated heterocycles. The molecule has 0 bridgehead atoms. The second kappa shape index (κ2) is 3.92. The summed E-state index contributed by atoms with van der Waals surface area (Å²) in [5.74, 6) is 0. The van der Waals surface area contributed by atoms with Crippen LogP contribution < -0.4 is 0 Å². The quantitative estimate of drug-likeness (QED) is 0.743. The van der Waals surface area contributed by atoms with Gasteiger partial charge in [-0.3, -0.25) is 9.97 Å². The minimum atomic E-state index is -4.35. The Labute approximate surface area is 89.8 Å². The molecule has 0 N–H and O–H groups in total. The third kappa shape index (κ3) is 2.18. The molecule has 2 aromatic rings. The maximum atomic E-state index is 12.3. The number of alkyl halides is 3. The van der Waals surface area contributed by atoms with Gasteiger partial charge in [0.25, 0.3) is 0 Å². The first kappa shape index (κ1) is 10.6. The van der Waals surface area contributed by atoms with E-state index >= 15 is 0 Å². The van der Waals surface area contributed by atoms with Crippen molar-refractivity contribution >= 4 is 0 Å². The van der Waals surface area contributed by atoms with E-state index < -0.39 is 11.7 Å². The van der Waals surface area contributed by atoms with Crippen LogP contribution in [0.2, 0.25) is 0 Å². The molecule has 82 valence electrons. The molecule has 2 heterocycles. The summed E-state index contributed by atoms with van der Waals surface area (Å²) < 4.78 is 36.8. The summed E-state index contributed by atoms with van der Waals surface area (Å²) in [4.78, 5) is 7.73. The summed E-state index contributed by atoms with van der Waals surface area (Å²) in [6.45, 7) is 0. The average Bonchev–Trinajstić information content (AvgIpc) is 2.29. The minimum absolute atomic E-state index is 0.425. The number of aromatic nitrogens is 2. The average molecular weight is 224 g/mol. The Hall–Kier alpha value is -1.91. The van der Waals surface area contributed by atoms with Gasteiger partial charge in [0.2, 0.25) is 0 Å². The third-order valence-corrected chi connectivity index (χ3v) is 2.02. The zero-order chi connectivity index (χ0) is 11.6. The fraction of sp³-hybridized carbons (Fsp3) is 0.0909. The van der Waals surface area contributed by atoms with Crippen molar-refractivity contribution in [2.75, 3.05) is 0 Å². The monoisotopic (exact) mass is 224 g/mol. The molecule has 0 aliphatic carbocycles. The highest BCUT2D eigenvalue weighted by molar-refractivity contribution is 5.53. The Morgan fingerprint density at radius 1 is 0.875 bits per heavy atom. The topological polar surface area (TPSA) is 25.8 Å². The minimum Gasteiger partial charge on any atom is -0.255 e. The maximum Gasteiger partial charge on any atom is 0.417 e. The van der Waals surface area contributed by atoms with E-state index in [2.05, 4.69) is 9.97 Å². The SMILES string of the molecule is FC(F)(F)c1ccc(-c2ccccn2)nc1. The van der Waals surface area contributed by atoms with Crippen LogP contribution in [0.4, 0.5) is 13.2 Å². The molecule has 2 nitrogen and oxygen atoms in total. The third-order valence-electron chi connectivity index (χ3n) is 2.02. The highest BCUT2D eigenvalue weighted by Gasteiger charge is 2.30. The number of hydrogen-bond acceptors (Lipinski definition) is 2. The van der Waals surface area contributed by atoms with Gasteiger partial charge in [0.1, 0.15) is 0 Å². The van der Waals surface area contributed by atoms with Gasteiger partial charge in [-0.25, -0.2) is 0 Å². The molecule has 0 aliphatic heterocycles. The lowest BCUT2D eigenvalue weighted by Gasteiger charge is -2.06. The van der Waals surface area contributed by atoms with Gasteiger partial charge in [0.05, 0.1) is 17.0 Å². The van der Waals surface area contributed by atoms with Crippen LogP contribution in [0.15, 0.2) is 42.7 Å². The van der Waals surface area contributed by atoms with Crippen LogP contribution in [-0.2, 0) is 6.18 Å². The number of rotatable bonds is 1. The zero-order valence-corrected chi connectivity index (χ0v) is 8.07. The van der Waals surface area contributed by atoms with E-state index in [9.17, 15) is 13.2 Å². The van der Waals surface area contributed by atoms with Crippen molar-refractivity contribution in [2.45, 2.75) is 6.18 Å².